The van der Waals surface area contributed by atoms with E-state index in [9.17, 15) is 5.26 Å². The van der Waals surface area contributed by atoms with E-state index < -0.39 is 0 Å². The van der Waals surface area contributed by atoms with Gasteiger partial charge in [0.25, 0.3) is 0 Å². The van der Waals surface area contributed by atoms with Crippen LogP contribution in [0.1, 0.15) is 11.5 Å². The van der Waals surface area contributed by atoms with Crippen LogP contribution in [-0.4, -0.2) is 26.6 Å². The van der Waals surface area contributed by atoms with Crippen LogP contribution < -0.4 is 5.32 Å². The smallest absolute Gasteiger partial charge is 0.165 e. The minimum atomic E-state index is 0.329. The van der Waals surface area contributed by atoms with Crippen molar-refractivity contribution in [2.45, 2.75) is 13.3 Å². The quantitative estimate of drug-likeness (QED) is 0.691. The first kappa shape index (κ1) is 14.7. The molecule has 8 nitrogen and oxygen atoms in total. The number of allylic oxidation sites excluding steroid dienone is 1. The van der Waals surface area contributed by atoms with E-state index in [0.29, 0.717) is 35.7 Å². The van der Waals surface area contributed by atoms with Crippen LogP contribution in [0.5, 0.6) is 0 Å². The first-order chi connectivity index (χ1) is 11.3. The van der Waals surface area contributed by atoms with Gasteiger partial charge in [-0.3, -0.25) is 4.57 Å². The fourth-order valence-corrected chi connectivity index (χ4v) is 2.13. The van der Waals surface area contributed by atoms with Gasteiger partial charge in [-0.1, -0.05) is 0 Å². The maximum Gasteiger partial charge on any atom is 0.165 e. The minimum Gasteiger partial charge on any atom is -0.467 e. The maximum absolute atomic E-state index is 9.40. The summed E-state index contributed by atoms with van der Waals surface area (Å²) in [4.78, 5) is 12.7. The Morgan fingerprint density at radius 1 is 1.48 bits per heavy atom. The summed E-state index contributed by atoms with van der Waals surface area (Å²) in [5.41, 5.74) is 2.01. The molecule has 0 atom stereocenters. The van der Waals surface area contributed by atoms with Crippen molar-refractivity contribution in [2.24, 2.45) is 0 Å². The highest BCUT2D eigenvalue weighted by Crippen LogP contribution is 2.19. The van der Waals surface area contributed by atoms with Crippen LogP contribution in [-0.2, 0) is 18.0 Å². The number of furan rings is 1. The lowest BCUT2D eigenvalue weighted by Gasteiger charge is -2.03. The second kappa shape index (κ2) is 6.72. The highest BCUT2D eigenvalue weighted by Gasteiger charge is 2.13. The van der Waals surface area contributed by atoms with Gasteiger partial charge >= 0.3 is 0 Å². The molecule has 0 fully saturated rings. The molecule has 0 aromatic carbocycles. The number of nitrogens with one attached hydrogen (secondary N) is 1. The summed E-state index contributed by atoms with van der Waals surface area (Å²) in [6.45, 7) is 0.805. The molecule has 0 aliphatic heterocycles. The van der Waals surface area contributed by atoms with Crippen LogP contribution in [0.4, 0.5) is 0 Å². The predicted octanol–water partition coefficient (Wildman–Crippen LogP) is 1.68. The standard InChI is InChI=1S/C15H14N6O2/c1-22-10-21-9-20-14-13(18-8-19-15(14)21)11(5-16)6-17-7-12-3-2-4-23-12/h2-4,6,8-9,17H,7,10H2,1H3/b11-6-. The van der Waals surface area contributed by atoms with Crippen LogP contribution in [0.2, 0.25) is 0 Å². The van der Waals surface area contributed by atoms with Crippen LogP contribution in [0.15, 0.2) is 41.7 Å². The Hall–Kier alpha value is -3.18. The SMILES string of the molecule is COCn1cnc2c(/C(C#N)=C\NCc3ccco3)ncnc21. The fraction of sp³-hybridized carbons (Fsp3) is 0.200. The normalized spacial score (nSPS) is 11.6. The molecule has 0 saturated carbocycles. The molecule has 0 amide bonds. The molecule has 1 N–H and O–H groups in total. The summed E-state index contributed by atoms with van der Waals surface area (Å²) < 4.78 is 12.1. The van der Waals surface area contributed by atoms with E-state index in [0.717, 1.165) is 5.76 Å². The lowest BCUT2D eigenvalue weighted by molar-refractivity contribution is 0.134. The van der Waals surface area contributed by atoms with Gasteiger partial charge in [-0.2, -0.15) is 5.26 Å². The van der Waals surface area contributed by atoms with Gasteiger partial charge < -0.3 is 14.5 Å². The number of imidazole rings is 1. The first-order valence-electron chi connectivity index (χ1n) is 6.84. The Morgan fingerprint density at radius 3 is 3.13 bits per heavy atom. The number of fused-ring (bicyclic) bond motifs is 1. The Bertz CT molecular complexity index is 860. The van der Waals surface area contributed by atoms with E-state index in [1.165, 1.54) is 6.33 Å². The number of ether oxygens (including phenoxy) is 1. The average Bonchev–Trinajstić information content (AvgIpc) is 3.22. The Labute approximate surface area is 132 Å². The summed E-state index contributed by atoms with van der Waals surface area (Å²) in [5.74, 6) is 0.774. The molecule has 0 aliphatic rings. The zero-order valence-electron chi connectivity index (χ0n) is 12.4. The molecule has 0 unspecified atom stereocenters. The van der Waals surface area contributed by atoms with Crippen molar-refractivity contribution >= 4 is 16.7 Å². The topological polar surface area (TPSA) is 102 Å². The number of nitrogens with zero attached hydrogens (tertiary/aromatic N) is 5. The third kappa shape index (κ3) is 3.04. The van der Waals surface area contributed by atoms with Crippen molar-refractivity contribution in [3.8, 4) is 6.07 Å². The molecule has 3 aromatic heterocycles. The molecule has 0 saturated heterocycles. The molecule has 116 valence electrons. The second-order valence-electron chi connectivity index (χ2n) is 4.66. The maximum atomic E-state index is 9.40. The fourth-order valence-electron chi connectivity index (χ4n) is 2.13. The number of nitriles is 1. The van der Waals surface area contributed by atoms with Crippen molar-refractivity contribution in [2.75, 3.05) is 7.11 Å². The van der Waals surface area contributed by atoms with Crippen molar-refractivity contribution in [1.29, 1.82) is 5.26 Å². The van der Waals surface area contributed by atoms with Gasteiger partial charge in [-0.15, -0.1) is 0 Å². The summed E-state index contributed by atoms with van der Waals surface area (Å²) in [6, 6.07) is 5.79. The zero-order valence-corrected chi connectivity index (χ0v) is 12.4. The third-order valence-corrected chi connectivity index (χ3v) is 3.15. The zero-order chi connectivity index (χ0) is 16.1. The Kier molecular flexibility index (Phi) is 4.31. The monoisotopic (exact) mass is 310 g/mol. The molecule has 0 radical (unpaired) electrons. The van der Waals surface area contributed by atoms with Crippen molar-refractivity contribution in [3.63, 3.8) is 0 Å². The van der Waals surface area contributed by atoms with Crippen molar-refractivity contribution < 1.29 is 9.15 Å². The minimum absolute atomic E-state index is 0.329. The van der Waals surface area contributed by atoms with E-state index in [1.807, 2.05) is 12.1 Å². The number of rotatable bonds is 6. The molecule has 8 heteroatoms. The predicted molar refractivity (Wildman–Crippen MR) is 81.5 cm³/mol. The van der Waals surface area contributed by atoms with Gasteiger partial charge in [0.1, 0.15) is 36.1 Å². The number of hydrogen-bond acceptors (Lipinski definition) is 7. The van der Waals surface area contributed by atoms with Gasteiger partial charge in [0.2, 0.25) is 0 Å². The molecule has 0 spiro atoms. The molecule has 3 rings (SSSR count). The summed E-state index contributed by atoms with van der Waals surface area (Å²) >= 11 is 0. The molecular weight excluding hydrogens is 296 g/mol. The van der Waals surface area contributed by atoms with Crippen LogP contribution in [0.25, 0.3) is 16.7 Å². The third-order valence-electron chi connectivity index (χ3n) is 3.15. The lowest BCUT2D eigenvalue weighted by Crippen LogP contribution is -2.06. The summed E-state index contributed by atoms with van der Waals surface area (Å²) in [5, 5.41) is 12.4. The van der Waals surface area contributed by atoms with E-state index in [2.05, 4.69) is 26.3 Å². The number of methoxy groups -OCH3 is 1. The molecule has 3 heterocycles. The summed E-state index contributed by atoms with van der Waals surface area (Å²) in [7, 11) is 1.59. The van der Waals surface area contributed by atoms with Crippen molar-refractivity contribution in [3.05, 3.63) is 48.7 Å². The Balaban J connectivity index is 1.89. The number of hydrogen-bond donors (Lipinski definition) is 1. The van der Waals surface area contributed by atoms with E-state index in [4.69, 9.17) is 9.15 Å². The van der Waals surface area contributed by atoms with Gasteiger partial charge in [0.05, 0.1) is 24.7 Å². The molecule has 23 heavy (non-hydrogen) atoms. The van der Waals surface area contributed by atoms with Crippen LogP contribution >= 0.6 is 0 Å². The Morgan fingerprint density at radius 2 is 2.39 bits per heavy atom. The summed E-state index contributed by atoms with van der Waals surface area (Å²) in [6.07, 6.45) is 6.21. The molecular formula is C15H14N6O2. The van der Waals surface area contributed by atoms with Gasteiger partial charge in [0, 0.05) is 13.3 Å². The molecule has 3 aromatic rings. The van der Waals surface area contributed by atoms with E-state index in [1.54, 1.807) is 30.5 Å². The van der Waals surface area contributed by atoms with Crippen LogP contribution in [0, 0.1) is 11.3 Å². The highest BCUT2D eigenvalue weighted by molar-refractivity contribution is 5.89. The molecule has 0 bridgehead atoms. The molecule has 0 aliphatic carbocycles. The van der Waals surface area contributed by atoms with Crippen LogP contribution in [0.3, 0.4) is 0 Å². The largest absolute Gasteiger partial charge is 0.467 e. The van der Waals surface area contributed by atoms with Gasteiger partial charge in [-0.25, -0.2) is 15.0 Å². The number of aromatic nitrogens is 4. The van der Waals surface area contributed by atoms with E-state index >= 15 is 0 Å². The highest BCUT2D eigenvalue weighted by atomic mass is 16.5. The van der Waals surface area contributed by atoms with Gasteiger partial charge in [0.15, 0.2) is 5.65 Å². The van der Waals surface area contributed by atoms with E-state index in [-0.39, 0.29) is 0 Å². The average molecular weight is 310 g/mol. The first-order valence-corrected chi connectivity index (χ1v) is 6.84. The second-order valence-corrected chi connectivity index (χ2v) is 4.66. The lowest BCUT2D eigenvalue weighted by atomic mass is 10.2. The van der Waals surface area contributed by atoms with Gasteiger partial charge in [-0.05, 0) is 12.1 Å². The van der Waals surface area contributed by atoms with Crippen molar-refractivity contribution in [1.82, 2.24) is 24.8 Å².